The number of rotatable bonds is 4. The van der Waals surface area contributed by atoms with Gasteiger partial charge < -0.3 is 8.98 Å². The topological polar surface area (TPSA) is 18.1 Å². The normalized spacial score (nSPS) is 11.6. The Morgan fingerprint density at radius 2 is 0.625 bits per heavy atom. The molecule has 262 valence electrons. The molecule has 0 N–H and O–H groups in total. The van der Waals surface area contributed by atoms with Gasteiger partial charge in [0.25, 0.3) is 0 Å². The zero-order valence-corrected chi connectivity index (χ0v) is 30.6. The van der Waals surface area contributed by atoms with E-state index in [-0.39, 0.29) is 0 Å². The number of furan rings is 1. The molecule has 0 bridgehead atoms. The lowest BCUT2D eigenvalue weighted by Crippen LogP contribution is -1.98. The first-order chi connectivity index (χ1) is 27.8. The molecule has 0 aliphatic rings. The van der Waals surface area contributed by atoms with Gasteiger partial charge in [-0.2, -0.15) is 0 Å². The van der Waals surface area contributed by atoms with Crippen molar-refractivity contribution in [2.75, 3.05) is 0 Å². The Bertz CT molecular complexity index is 3190. The number of aromatic nitrogens is 1. The molecular weight excluding hydrogens is 679 g/mol. The largest absolute Gasteiger partial charge is 0.456 e. The van der Waals surface area contributed by atoms with Gasteiger partial charge in [0.1, 0.15) is 11.2 Å². The molecule has 11 aromatic rings. The van der Waals surface area contributed by atoms with E-state index in [1.807, 2.05) is 12.1 Å². The van der Waals surface area contributed by atoms with E-state index < -0.39 is 0 Å². The molecule has 2 heteroatoms. The SMILES string of the molecule is c1ccc(-c2ccc3c(c2)c2ccccc2c2ccccc2c2cc(-c4ccccc4)ccc2n3-c2ccc(-c3ccc4oc5ccccc5c4c3)cc2)cc1. The van der Waals surface area contributed by atoms with Crippen LogP contribution in [0.4, 0.5) is 0 Å². The Morgan fingerprint density at radius 3 is 1.16 bits per heavy atom. The molecule has 56 heavy (non-hydrogen) atoms. The van der Waals surface area contributed by atoms with Gasteiger partial charge in [0.2, 0.25) is 0 Å². The van der Waals surface area contributed by atoms with E-state index in [2.05, 4.69) is 205 Å². The summed E-state index contributed by atoms with van der Waals surface area (Å²) in [6.45, 7) is 0. The Balaban J connectivity index is 1.25. The summed E-state index contributed by atoms with van der Waals surface area (Å²) in [4.78, 5) is 0. The van der Waals surface area contributed by atoms with Gasteiger partial charge in [-0.05, 0) is 110 Å². The second-order valence-electron chi connectivity index (χ2n) is 14.5. The van der Waals surface area contributed by atoms with E-state index in [1.165, 1.54) is 54.6 Å². The Kier molecular flexibility index (Phi) is 7.53. The van der Waals surface area contributed by atoms with Gasteiger partial charge >= 0.3 is 0 Å². The first-order valence-corrected chi connectivity index (χ1v) is 19.2. The van der Waals surface area contributed by atoms with Crippen LogP contribution in [-0.4, -0.2) is 4.57 Å². The standard InChI is InChI=1S/C54H35NO/c1-3-13-36(14-4-1)39-25-30-51-48(33-39)45-19-9-7-17-43(45)44-18-8-10-20-46(44)49-34-40(37-15-5-2-6-16-37)26-31-52(49)55(51)42-28-23-38(24-29-42)41-27-32-54-50(35-41)47-21-11-12-22-53(47)56-54/h1-35H. The van der Waals surface area contributed by atoms with Crippen molar-refractivity contribution in [3.8, 4) is 39.1 Å². The molecule has 0 unspecified atom stereocenters. The van der Waals surface area contributed by atoms with E-state index in [0.717, 1.165) is 49.8 Å². The van der Waals surface area contributed by atoms with Crippen LogP contribution in [0.15, 0.2) is 217 Å². The minimum absolute atomic E-state index is 0.904. The molecular formula is C54H35NO. The van der Waals surface area contributed by atoms with E-state index in [9.17, 15) is 0 Å². The van der Waals surface area contributed by atoms with E-state index in [1.54, 1.807) is 0 Å². The van der Waals surface area contributed by atoms with Crippen molar-refractivity contribution in [2.24, 2.45) is 0 Å². The highest BCUT2D eigenvalue weighted by Gasteiger charge is 2.14. The molecule has 2 nitrogen and oxygen atoms in total. The van der Waals surface area contributed by atoms with Gasteiger partial charge in [-0.15, -0.1) is 0 Å². The van der Waals surface area contributed by atoms with Crippen LogP contribution >= 0.6 is 0 Å². The van der Waals surface area contributed by atoms with Gasteiger partial charge in [0, 0.05) is 27.2 Å². The molecule has 9 aromatic carbocycles. The van der Waals surface area contributed by atoms with Crippen molar-refractivity contribution < 1.29 is 4.42 Å². The molecule has 11 rings (SSSR count). The van der Waals surface area contributed by atoms with Gasteiger partial charge in [-0.3, -0.25) is 0 Å². The number of fused-ring (bicyclic) bond motifs is 10. The molecule has 0 aliphatic carbocycles. The smallest absolute Gasteiger partial charge is 0.135 e. The predicted octanol–water partition coefficient (Wildman–Crippen LogP) is 15.1. The maximum Gasteiger partial charge on any atom is 0.135 e. The van der Waals surface area contributed by atoms with Crippen LogP contribution in [0.3, 0.4) is 0 Å². The molecule has 0 spiro atoms. The van der Waals surface area contributed by atoms with Crippen molar-refractivity contribution in [3.63, 3.8) is 0 Å². The zero-order chi connectivity index (χ0) is 37.0. The second kappa shape index (κ2) is 13.2. The quantitative estimate of drug-likeness (QED) is 0.178. The maximum absolute atomic E-state index is 6.16. The third-order valence-corrected chi connectivity index (χ3v) is 11.2. The highest BCUT2D eigenvalue weighted by molar-refractivity contribution is 6.20. The molecule has 0 atom stereocenters. The fraction of sp³-hybridized carbons (Fsp3) is 0. The lowest BCUT2D eigenvalue weighted by atomic mass is 9.98. The lowest BCUT2D eigenvalue weighted by molar-refractivity contribution is 0.669. The first kappa shape index (κ1) is 32.0. The highest BCUT2D eigenvalue weighted by Crippen LogP contribution is 2.38. The van der Waals surface area contributed by atoms with Crippen LogP contribution in [0, 0.1) is 0 Å². The Morgan fingerprint density at radius 1 is 0.250 bits per heavy atom. The summed E-state index contributed by atoms with van der Waals surface area (Å²) in [7, 11) is 0. The Hall–Kier alpha value is -7.42. The zero-order valence-electron chi connectivity index (χ0n) is 30.6. The van der Waals surface area contributed by atoms with Crippen LogP contribution in [0.1, 0.15) is 0 Å². The average Bonchev–Trinajstić information content (AvgIpc) is 3.67. The van der Waals surface area contributed by atoms with Gasteiger partial charge in [-0.25, -0.2) is 0 Å². The summed E-state index contributed by atoms with van der Waals surface area (Å²) in [5, 5.41) is 9.45. The summed E-state index contributed by atoms with van der Waals surface area (Å²) in [5.74, 6) is 0. The molecule has 0 aliphatic heterocycles. The van der Waals surface area contributed by atoms with Gasteiger partial charge in [-0.1, -0.05) is 158 Å². The van der Waals surface area contributed by atoms with Crippen LogP contribution in [0.2, 0.25) is 0 Å². The lowest BCUT2D eigenvalue weighted by Gasteiger charge is -2.16. The molecule has 0 fully saturated rings. The number of benzene rings is 9. The van der Waals surface area contributed by atoms with Crippen molar-refractivity contribution in [1.29, 1.82) is 0 Å². The van der Waals surface area contributed by atoms with Crippen LogP contribution in [0.5, 0.6) is 0 Å². The van der Waals surface area contributed by atoms with E-state index >= 15 is 0 Å². The van der Waals surface area contributed by atoms with E-state index in [0.29, 0.717) is 0 Å². The monoisotopic (exact) mass is 713 g/mol. The summed E-state index contributed by atoms with van der Waals surface area (Å²) in [6, 6.07) is 76.9. The van der Waals surface area contributed by atoms with Crippen molar-refractivity contribution in [3.05, 3.63) is 212 Å². The van der Waals surface area contributed by atoms with E-state index in [4.69, 9.17) is 4.42 Å². The second-order valence-corrected chi connectivity index (χ2v) is 14.5. The third-order valence-electron chi connectivity index (χ3n) is 11.2. The summed E-state index contributed by atoms with van der Waals surface area (Å²) < 4.78 is 8.62. The van der Waals surface area contributed by atoms with Crippen molar-refractivity contribution in [1.82, 2.24) is 4.57 Å². The average molecular weight is 714 g/mol. The first-order valence-electron chi connectivity index (χ1n) is 19.2. The van der Waals surface area contributed by atoms with Crippen LogP contribution in [0.25, 0.3) is 104 Å². The fourth-order valence-electron chi connectivity index (χ4n) is 8.54. The summed E-state index contributed by atoms with van der Waals surface area (Å²) >= 11 is 0. The van der Waals surface area contributed by atoms with Crippen LogP contribution < -0.4 is 0 Å². The van der Waals surface area contributed by atoms with Crippen LogP contribution in [-0.2, 0) is 0 Å². The molecule has 0 amide bonds. The number of nitrogens with zero attached hydrogens (tertiary/aromatic N) is 1. The predicted molar refractivity (Wildman–Crippen MR) is 237 cm³/mol. The molecule has 0 saturated heterocycles. The molecule has 2 aromatic heterocycles. The Labute approximate surface area is 324 Å². The minimum atomic E-state index is 0.904. The molecule has 0 radical (unpaired) electrons. The van der Waals surface area contributed by atoms with Gasteiger partial charge in [0.05, 0.1) is 11.0 Å². The number of hydrogen-bond acceptors (Lipinski definition) is 1. The van der Waals surface area contributed by atoms with Crippen molar-refractivity contribution >= 4 is 65.3 Å². The highest BCUT2D eigenvalue weighted by atomic mass is 16.3. The molecule has 0 saturated carbocycles. The maximum atomic E-state index is 6.16. The van der Waals surface area contributed by atoms with Gasteiger partial charge in [0.15, 0.2) is 0 Å². The number of para-hydroxylation sites is 1. The van der Waals surface area contributed by atoms with Crippen molar-refractivity contribution in [2.45, 2.75) is 0 Å². The fourth-order valence-corrected chi connectivity index (χ4v) is 8.54. The molecule has 2 heterocycles. The number of hydrogen-bond donors (Lipinski definition) is 0. The minimum Gasteiger partial charge on any atom is -0.456 e. The summed E-state index contributed by atoms with van der Waals surface area (Å²) in [5.41, 5.74) is 12.2. The third kappa shape index (κ3) is 5.34. The summed E-state index contributed by atoms with van der Waals surface area (Å²) in [6.07, 6.45) is 0.